The number of imide groups is 1. The fraction of sp³-hybridized carbons (Fsp3) is 0.480. The summed E-state index contributed by atoms with van der Waals surface area (Å²) in [7, 11) is 0. The SMILES string of the molecule is Cc1cc(N2CCCC2)nc(N2CCN(C(=O)CCCN3C(=O)c4ccccc4C3=O)CC2)n1. The Kier molecular flexibility index (Phi) is 6.17. The summed E-state index contributed by atoms with van der Waals surface area (Å²) in [6.45, 7) is 6.94. The maximum absolute atomic E-state index is 12.8. The number of nitrogens with zero attached hydrogens (tertiary/aromatic N) is 6. The highest BCUT2D eigenvalue weighted by Gasteiger charge is 2.34. The first-order valence-corrected chi connectivity index (χ1v) is 12.1. The molecule has 0 atom stereocenters. The molecule has 9 heteroatoms. The number of hydrogen-bond donors (Lipinski definition) is 0. The van der Waals surface area contributed by atoms with Gasteiger partial charge in [-0.05, 0) is 38.3 Å². The quantitative estimate of drug-likeness (QED) is 0.608. The topological polar surface area (TPSA) is 90.0 Å². The largest absolute Gasteiger partial charge is 0.356 e. The third kappa shape index (κ3) is 4.34. The number of carbonyl (C=O) groups is 3. The van der Waals surface area contributed by atoms with E-state index in [4.69, 9.17) is 4.98 Å². The molecule has 2 aromatic rings. The molecule has 3 amide bonds. The van der Waals surface area contributed by atoms with Crippen molar-refractivity contribution in [3.63, 3.8) is 0 Å². The first-order chi connectivity index (χ1) is 16.5. The Morgan fingerprint density at radius 1 is 0.882 bits per heavy atom. The second kappa shape index (κ2) is 9.40. The van der Waals surface area contributed by atoms with E-state index in [0.29, 0.717) is 50.1 Å². The number of rotatable bonds is 6. The van der Waals surface area contributed by atoms with Crippen LogP contribution in [0.25, 0.3) is 0 Å². The second-order valence-electron chi connectivity index (χ2n) is 9.14. The average Bonchev–Trinajstić information content (AvgIpc) is 3.48. The van der Waals surface area contributed by atoms with Crippen LogP contribution in [0.5, 0.6) is 0 Å². The Bertz CT molecular complexity index is 1070. The van der Waals surface area contributed by atoms with Crippen LogP contribution in [0.4, 0.5) is 11.8 Å². The summed E-state index contributed by atoms with van der Waals surface area (Å²) < 4.78 is 0. The summed E-state index contributed by atoms with van der Waals surface area (Å²) in [5, 5.41) is 0. The third-order valence-electron chi connectivity index (χ3n) is 6.82. The van der Waals surface area contributed by atoms with Gasteiger partial charge in [0, 0.05) is 64.0 Å². The van der Waals surface area contributed by atoms with Crippen molar-refractivity contribution < 1.29 is 14.4 Å². The molecule has 5 rings (SSSR count). The van der Waals surface area contributed by atoms with Gasteiger partial charge in [0.2, 0.25) is 11.9 Å². The van der Waals surface area contributed by atoms with Gasteiger partial charge in [-0.1, -0.05) is 12.1 Å². The van der Waals surface area contributed by atoms with Crippen LogP contribution in [0.3, 0.4) is 0 Å². The maximum atomic E-state index is 12.8. The van der Waals surface area contributed by atoms with Crippen molar-refractivity contribution in [1.29, 1.82) is 0 Å². The van der Waals surface area contributed by atoms with E-state index in [1.165, 1.54) is 17.7 Å². The molecule has 0 spiro atoms. The van der Waals surface area contributed by atoms with Crippen LogP contribution in [0, 0.1) is 6.92 Å². The molecule has 9 nitrogen and oxygen atoms in total. The summed E-state index contributed by atoms with van der Waals surface area (Å²) in [4.78, 5) is 54.7. The molecule has 34 heavy (non-hydrogen) atoms. The highest BCUT2D eigenvalue weighted by molar-refractivity contribution is 6.21. The van der Waals surface area contributed by atoms with Crippen molar-refractivity contribution >= 4 is 29.5 Å². The molecule has 178 valence electrons. The Morgan fingerprint density at radius 2 is 1.53 bits per heavy atom. The Morgan fingerprint density at radius 3 is 2.18 bits per heavy atom. The minimum Gasteiger partial charge on any atom is -0.356 e. The number of fused-ring (bicyclic) bond motifs is 1. The number of benzene rings is 1. The van der Waals surface area contributed by atoms with Gasteiger partial charge >= 0.3 is 0 Å². The van der Waals surface area contributed by atoms with Crippen LogP contribution in [0.1, 0.15) is 52.1 Å². The smallest absolute Gasteiger partial charge is 0.261 e. The van der Waals surface area contributed by atoms with Crippen LogP contribution >= 0.6 is 0 Å². The predicted molar refractivity (Wildman–Crippen MR) is 128 cm³/mol. The van der Waals surface area contributed by atoms with Gasteiger partial charge in [-0.25, -0.2) is 4.98 Å². The van der Waals surface area contributed by atoms with Crippen molar-refractivity contribution in [3.05, 3.63) is 47.2 Å². The highest BCUT2D eigenvalue weighted by Crippen LogP contribution is 2.24. The molecular formula is C25H30N6O3. The highest BCUT2D eigenvalue weighted by atomic mass is 16.2. The normalized spacial score (nSPS) is 18.1. The zero-order valence-corrected chi connectivity index (χ0v) is 19.6. The van der Waals surface area contributed by atoms with Crippen molar-refractivity contribution in [2.24, 2.45) is 0 Å². The molecule has 1 aromatic heterocycles. The van der Waals surface area contributed by atoms with Crippen molar-refractivity contribution in [1.82, 2.24) is 19.8 Å². The summed E-state index contributed by atoms with van der Waals surface area (Å²) >= 11 is 0. The molecule has 3 aliphatic rings. The van der Waals surface area contributed by atoms with E-state index in [1.54, 1.807) is 24.3 Å². The van der Waals surface area contributed by atoms with Gasteiger partial charge in [0.15, 0.2) is 0 Å². The third-order valence-corrected chi connectivity index (χ3v) is 6.82. The average molecular weight is 463 g/mol. The number of amides is 3. The van der Waals surface area contributed by atoms with Crippen LogP contribution in [-0.4, -0.2) is 83.3 Å². The molecule has 0 radical (unpaired) electrons. The van der Waals surface area contributed by atoms with Crippen molar-refractivity contribution in [2.75, 3.05) is 55.6 Å². The van der Waals surface area contributed by atoms with E-state index >= 15 is 0 Å². The molecular weight excluding hydrogens is 432 g/mol. The monoisotopic (exact) mass is 462 g/mol. The van der Waals surface area contributed by atoms with Gasteiger partial charge in [0.05, 0.1) is 11.1 Å². The van der Waals surface area contributed by atoms with E-state index in [1.807, 2.05) is 17.9 Å². The Labute approximate surface area is 199 Å². The van der Waals surface area contributed by atoms with Crippen LogP contribution in [-0.2, 0) is 4.79 Å². The number of hydrogen-bond acceptors (Lipinski definition) is 7. The molecule has 4 heterocycles. The van der Waals surface area contributed by atoms with Gasteiger partial charge in [-0.2, -0.15) is 4.98 Å². The minimum atomic E-state index is -0.270. The summed E-state index contributed by atoms with van der Waals surface area (Å²) in [5.41, 5.74) is 1.85. The van der Waals surface area contributed by atoms with E-state index in [-0.39, 0.29) is 24.3 Å². The Hall–Kier alpha value is -3.49. The van der Waals surface area contributed by atoms with Gasteiger partial charge in [-0.3, -0.25) is 19.3 Å². The number of aryl methyl sites for hydroxylation is 1. The summed E-state index contributed by atoms with van der Waals surface area (Å²) in [5.74, 6) is 1.24. The molecule has 1 aromatic carbocycles. The van der Waals surface area contributed by atoms with E-state index < -0.39 is 0 Å². The molecule has 3 aliphatic heterocycles. The molecule has 0 unspecified atom stereocenters. The first-order valence-electron chi connectivity index (χ1n) is 12.1. The predicted octanol–water partition coefficient (Wildman–Crippen LogP) is 2.11. The standard InChI is InChI=1S/C25H30N6O3/c1-18-17-21(28-10-4-5-11-28)27-25(26-18)30-15-13-29(14-16-30)22(32)9-6-12-31-23(33)19-7-2-3-8-20(19)24(31)34/h2-3,7-8,17H,4-6,9-16H2,1H3. The van der Waals surface area contributed by atoms with Gasteiger partial charge < -0.3 is 14.7 Å². The summed E-state index contributed by atoms with van der Waals surface area (Å²) in [6, 6.07) is 8.90. The number of aromatic nitrogens is 2. The number of anilines is 2. The molecule has 0 N–H and O–H groups in total. The van der Waals surface area contributed by atoms with E-state index in [9.17, 15) is 14.4 Å². The first kappa shape index (κ1) is 22.3. The van der Waals surface area contributed by atoms with E-state index in [2.05, 4.69) is 14.8 Å². The maximum Gasteiger partial charge on any atom is 0.261 e. The van der Waals surface area contributed by atoms with Crippen LogP contribution < -0.4 is 9.80 Å². The zero-order valence-electron chi connectivity index (χ0n) is 19.6. The number of piperazine rings is 1. The lowest BCUT2D eigenvalue weighted by Crippen LogP contribution is -2.49. The van der Waals surface area contributed by atoms with Crippen molar-refractivity contribution in [2.45, 2.75) is 32.6 Å². The summed E-state index contributed by atoms with van der Waals surface area (Å²) in [6.07, 6.45) is 3.18. The zero-order chi connectivity index (χ0) is 23.7. The van der Waals surface area contributed by atoms with Gasteiger partial charge in [0.1, 0.15) is 5.82 Å². The van der Waals surface area contributed by atoms with Gasteiger partial charge in [-0.15, -0.1) is 0 Å². The fourth-order valence-corrected chi connectivity index (χ4v) is 4.93. The van der Waals surface area contributed by atoms with Crippen LogP contribution in [0.15, 0.2) is 30.3 Å². The van der Waals surface area contributed by atoms with E-state index in [0.717, 1.165) is 30.5 Å². The molecule has 2 fully saturated rings. The Balaban J connectivity index is 1.11. The second-order valence-corrected chi connectivity index (χ2v) is 9.14. The van der Waals surface area contributed by atoms with Crippen molar-refractivity contribution in [3.8, 4) is 0 Å². The minimum absolute atomic E-state index is 0.0548. The molecule has 0 bridgehead atoms. The van der Waals surface area contributed by atoms with Crippen LogP contribution in [0.2, 0.25) is 0 Å². The lowest BCUT2D eigenvalue weighted by atomic mass is 10.1. The molecule has 0 saturated carbocycles. The van der Waals surface area contributed by atoms with Gasteiger partial charge in [0.25, 0.3) is 11.8 Å². The molecule has 2 saturated heterocycles. The fourth-order valence-electron chi connectivity index (χ4n) is 4.93. The lowest BCUT2D eigenvalue weighted by Gasteiger charge is -2.35. The lowest BCUT2D eigenvalue weighted by molar-refractivity contribution is -0.131. The molecule has 0 aliphatic carbocycles. The number of carbonyl (C=O) groups excluding carboxylic acids is 3.